The van der Waals surface area contributed by atoms with E-state index in [0.717, 1.165) is 19.3 Å². The van der Waals surface area contributed by atoms with Crippen molar-refractivity contribution in [3.8, 4) is 0 Å². The second-order valence-corrected chi connectivity index (χ2v) is 5.15. The third-order valence-electron chi connectivity index (χ3n) is 3.31. The molecule has 0 aromatic heterocycles. The molecule has 1 aliphatic rings. The number of hydrogen-bond donors (Lipinski definition) is 3. The van der Waals surface area contributed by atoms with Gasteiger partial charge in [-0.15, -0.1) is 0 Å². The maximum Gasteiger partial charge on any atom is 0.305 e. The summed E-state index contributed by atoms with van der Waals surface area (Å²) in [6, 6.07) is -0.839. The van der Waals surface area contributed by atoms with Gasteiger partial charge < -0.3 is 16.2 Å². The summed E-state index contributed by atoms with van der Waals surface area (Å²) in [7, 11) is 0. The van der Waals surface area contributed by atoms with Crippen LogP contribution in [-0.2, 0) is 9.59 Å². The van der Waals surface area contributed by atoms with Crippen molar-refractivity contribution in [2.75, 3.05) is 0 Å². The van der Waals surface area contributed by atoms with Crippen LogP contribution in [0.3, 0.4) is 0 Å². The van der Waals surface area contributed by atoms with Crippen LogP contribution in [0.5, 0.6) is 0 Å². The lowest BCUT2D eigenvalue weighted by Gasteiger charge is -2.28. The van der Waals surface area contributed by atoms with Crippen LogP contribution in [0.1, 0.15) is 39.5 Å². The van der Waals surface area contributed by atoms with Gasteiger partial charge in [-0.2, -0.15) is 0 Å². The first-order valence-electron chi connectivity index (χ1n) is 5.60. The Kier molecular flexibility index (Phi) is 3.91. The van der Waals surface area contributed by atoms with E-state index in [-0.39, 0.29) is 23.8 Å². The van der Waals surface area contributed by atoms with Crippen molar-refractivity contribution in [2.45, 2.75) is 51.6 Å². The topological polar surface area (TPSA) is 92.4 Å². The SMILES string of the molecule is CC1(C)CCCC1NC(=O)C(N)CC(=O)O. The number of carbonyl (C=O) groups is 2. The Morgan fingerprint density at radius 1 is 1.56 bits per heavy atom. The Morgan fingerprint density at radius 3 is 2.62 bits per heavy atom. The Hall–Kier alpha value is -1.10. The van der Waals surface area contributed by atoms with Crippen molar-refractivity contribution < 1.29 is 14.7 Å². The molecule has 2 unspecified atom stereocenters. The lowest BCUT2D eigenvalue weighted by atomic mass is 9.87. The number of aliphatic carboxylic acids is 1. The lowest BCUT2D eigenvalue weighted by Crippen LogP contribution is -2.49. The number of carbonyl (C=O) groups excluding carboxylic acids is 1. The number of nitrogens with two attached hydrogens (primary N) is 1. The molecule has 2 atom stereocenters. The van der Waals surface area contributed by atoms with E-state index in [1.807, 2.05) is 0 Å². The average molecular weight is 228 g/mol. The molecule has 0 bridgehead atoms. The maximum atomic E-state index is 11.6. The fourth-order valence-electron chi connectivity index (χ4n) is 2.15. The highest BCUT2D eigenvalue weighted by Gasteiger charge is 2.36. The molecule has 4 N–H and O–H groups in total. The second-order valence-electron chi connectivity index (χ2n) is 5.15. The molecule has 1 rings (SSSR count). The second kappa shape index (κ2) is 4.82. The number of amides is 1. The van der Waals surface area contributed by atoms with Crippen molar-refractivity contribution in [1.82, 2.24) is 5.32 Å². The van der Waals surface area contributed by atoms with Crippen LogP contribution in [0.25, 0.3) is 0 Å². The van der Waals surface area contributed by atoms with Gasteiger partial charge in [0.1, 0.15) is 0 Å². The first-order valence-corrected chi connectivity index (χ1v) is 5.60. The Balaban J connectivity index is 2.48. The van der Waals surface area contributed by atoms with Crippen LogP contribution < -0.4 is 11.1 Å². The van der Waals surface area contributed by atoms with Gasteiger partial charge in [0.15, 0.2) is 0 Å². The van der Waals surface area contributed by atoms with Crippen molar-refractivity contribution in [2.24, 2.45) is 11.1 Å². The van der Waals surface area contributed by atoms with Crippen molar-refractivity contribution in [3.63, 3.8) is 0 Å². The highest BCUT2D eigenvalue weighted by Crippen LogP contribution is 2.37. The molecule has 0 heterocycles. The van der Waals surface area contributed by atoms with Crippen LogP contribution in [0.2, 0.25) is 0 Å². The van der Waals surface area contributed by atoms with Gasteiger partial charge in [0.2, 0.25) is 5.91 Å². The van der Waals surface area contributed by atoms with Crippen molar-refractivity contribution in [3.05, 3.63) is 0 Å². The van der Waals surface area contributed by atoms with Gasteiger partial charge >= 0.3 is 5.97 Å². The van der Waals surface area contributed by atoms with E-state index in [4.69, 9.17) is 10.8 Å². The van der Waals surface area contributed by atoms with E-state index in [9.17, 15) is 9.59 Å². The normalized spacial score (nSPS) is 25.1. The largest absolute Gasteiger partial charge is 0.481 e. The molecule has 0 radical (unpaired) electrons. The molecule has 1 amide bonds. The monoisotopic (exact) mass is 228 g/mol. The molecule has 5 heteroatoms. The average Bonchev–Trinajstić information content (AvgIpc) is 2.44. The summed E-state index contributed by atoms with van der Waals surface area (Å²) >= 11 is 0. The molecule has 1 saturated carbocycles. The fraction of sp³-hybridized carbons (Fsp3) is 0.818. The molecular weight excluding hydrogens is 208 g/mol. The predicted octanol–water partition coefficient (Wildman–Crippen LogP) is 0.483. The van der Waals surface area contributed by atoms with E-state index in [1.165, 1.54) is 0 Å². The van der Waals surface area contributed by atoms with Gasteiger partial charge in [-0.05, 0) is 18.3 Å². The Morgan fingerprint density at radius 2 is 2.19 bits per heavy atom. The maximum absolute atomic E-state index is 11.6. The summed E-state index contributed by atoms with van der Waals surface area (Å²) in [5.74, 6) is -1.41. The first kappa shape index (κ1) is 13.0. The zero-order chi connectivity index (χ0) is 12.3. The van der Waals surface area contributed by atoms with Crippen LogP contribution in [0.15, 0.2) is 0 Å². The highest BCUT2D eigenvalue weighted by molar-refractivity contribution is 5.86. The molecule has 1 aliphatic carbocycles. The molecule has 1 fully saturated rings. The van der Waals surface area contributed by atoms with Gasteiger partial charge in [0, 0.05) is 6.04 Å². The van der Waals surface area contributed by atoms with Gasteiger partial charge in [0.05, 0.1) is 12.5 Å². The first-order chi connectivity index (χ1) is 7.33. The Bertz CT molecular complexity index is 289. The van der Waals surface area contributed by atoms with Crippen molar-refractivity contribution >= 4 is 11.9 Å². The fourth-order valence-corrected chi connectivity index (χ4v) is 2.15. The number of nitrogens with one attached hydrogen (secondary N) is 1. The molecule has 92 valence electrons. The molecule has 0 aromatic rings. The zero-order valence-corrected chi connectivity index (χ0v) is 9.82. The number of carboxylic acid groups (broad SMARTS) is 1. The standard InChI is InChI=1S/C11H20N2O3/c1-11(2)5-3-4-8(11)13-10(16)7(12)6-9(14)15/h7-8H,3-6,12H2,1-2H3,(H,13,16)(H,14,15). The molecule has 5 nitrogen and oxygen atoms in total. The van der Waals surface area contributed by atoms with Crippen LogP contribution >= 0.6 is 0 Å². The number of carboxylic acids is 1. The third kappa shape index (κ3) is 3.20. The zero-order valence-electron chi connectivity index (χ0n) is 9.82. The van der Waals surface area contributed by atoms with E-state index >= 15 is 0 Å². The van der Waals surface area contributed by atoms with E-state index in [1.54, 1.807) is 0 Å². The minimum atomic E-state index is -1.05. The van der Waals surface area contributed by atoms with Gasteiger partial charge in [0.25, 0.3) is 0 Å². The summed E-state index contributed by atoms with van der Waals surface area (Å²) in [6.07, 6.45) is 2.79. The summed E-state index contributed by atoms with van der Waals surface area (Å²) in [6.45, 7) is 4.21. The van der Waals surface area contributed by atoms with Gasteiger partial charge in [-0.25, -0.2) is 0 Å². The van der Waals surface area contributed by atoms with Crippen molar-refractivity contribution in [1.29, 1.82) is 0 Å². The molecule has 0 saturated heterocycles. The number of rotatable bonds is 4. The summed E-state index contributed by atoms with van der Waals surface area (Å²) in [4.78, 5) is 22.0. The van der Waals surface area contributed by atoms with Crippen LogP contribution in [-0.4, -0.2) is 29.1 Å². The third-order valence-corrected chi connectivity index (χ3v) is 3.31. The highest BCUT2D eigenvalue weighted by atomic mass is 16.4. The number of hydrogen-bond acceptors (Lipinski definition) is 3. The van der Waals surface area contributed by atoms with E-state index in [2.05, 4.69) is 19.2 Å². The predicted molar refractivity (Wildman–Crippen MR) is 59.8 cm³/mol. The van der Waals surface area contributed by atoms with E-state index < -0.39 is 12.0 Å². The summed E-state index contributed by atoms with van der Waals surface area (Å²) in [5, 5.41) is 11.4. The minimum absolute atomic E-state index is 0.0819. The smallest absolute Gasteiger partial charge is 0.305 e. The molecule has 0 aromatic carbocycles. The molecule has 0 aliphatic heterocycles. The molecule has 16 heavy (non-hydrogen) atoms. The summed E-state index contributed by atoms with van der Waals surface area (Å²) in [5.41, 5.74) is 5.57. The van der Waals surface area contributed by atoms with E-state index in [0.29, 0.717) is 0 Å². The Labute approximate surface area is 95.4 Å². The quantitative estimate of drug-likeness (QED) is 0.652. The lowest BCUT2D eigenvalue weighted by molar-refractivity contribution is -0.139. The molecule has 0 spiro atoms. The van der Waals surface area contributed by atoms with Crippen LogP contribution in [0.4, 0.5) is 0 Å². The van der Waals surface area contributed by atoms with Crippen LogP contribution in [0, 0.1) is 5.41 Å². The molecular formula is C11H20N2O3. The van der Waals surface area contributed by atoms with Gasteiger partial charge in [-0.1, -0.05) is 20.3 Å². The minimum Gasteiger partial charge on any atom is -0.481 e. The van der Waals surface area contributed by atoms with Gasteiger partial charge in [-0.3, -0.25) is 9.59 Å². The summed E-state index contributed by atoms with van der Waals surface area (Å²) < 4.78 is 0.